The average molecular weight is 222 g/mol. The molecule has 0 aromatic rings. The van der Waals surface area contributed by atoms with Crippen molar-refractivity contribution in [3.8, 4) is 6.07 Å². The highest BCUT2D eigenvalue weighted by Gasteiger charge is 2.46. The zero-order valence-electron chi connectivity index (χ0n) is 9.66. The first-order chi connectivity index (χ1) is 7.72. The molecule has 1 amide bonds. The molecule has 4 heteroatoms. The smallest absolute Gasteiger partial charge is 0.240 e. The number of nitrogens with zero attached hydrogens (tertiary/aromatic N) is 1. The Morgan fingerprint density at radius 2 is 2.19 bits per heavy atom. The molecule has 0 aliphatic heterocycles. The van der Waals surface area contributed by atoms with E-state index >= 15 is 0 Å². The van der Waals surface area contributed by atoms with Crippen molar-refractivity contribution in [3.63, 3.8) is 0 Å². The number of hydrogen-bond acceptors (Lipinski definition) is 3. The minimum atomic E-state index is -0.735. The minimum Gasteiger partial charge on any atom is -0.379 e. The Kier molecular flexibility index (Phi) is 3.15. The van der Waals surface area contributed by atoms with Crippen LogP contribution in [0.4, 0.5) is 0 Å². The van der Waals surface area contributed by atoms with Crippen LogP contribution in [0.2, 0.25) is 0 Å². The van der Waals surface area contributed by atoms with E-state index in [0.717, 1.165) is 25.7 Å². The van der Waals surface area contributed by atoms with Gasteiger partial charge in [0.25, 0.3) is 0 Å². The maximum Gasteiger partial charge on any atom is 0.240 e. The van der Waals surface area contributed by atoms with Gasteiger partial charge < -0.3 is 10.1 Å². The molecule has 0 radical (unpaired) electrons. The summed E-state index contributed by atoms with van der Waals surface area (Å²) in [6, 6.07) is 2.27. The number of rotatable bonds is 3. The van der Waals surface area contributed by atoms with Gasteiger partial charge in [0, 0.05) is 7.11 Å². The molecule has 2 aliphatic rings. The fourth-order valence-electron chi connectivity index (χ4n) is 2.60. The molecule has 2 atom stereocenters. The zero-order valence-corrected chi connectivity index (χ0v) is 9.66. The number of carbonyl (C=O) groups excluding carboxylic acids is 1. The van der Waals surface area contributed by atoms with E-state index < -0.39 is 5.41 Å². The Bertz CT molecular complexity index is 317. The third-order valence-corrected chi connectivity index (χ3v) is 3.93. The molecule has 0 heterocycles. The SMILES string of the molecule is COC1CCCC1NC(=O)C1(C#N)CCC1. The van der Waals surface area contributed by atoms with Crippen molar-refractivity contribution in [1.29, 1.82) is 5.26 Å². The van der Waals surface area contributed by atoms with E-state index in [1.165, 1.54) is 0 Å². The van der Waals surface area contributed by atoms with E-state index in [0.29, 0.717) is 12.8 Å². The molecule has 4 nitrogen and oxygen atoms in total. The molecule has 88 valence electrons. The predicted molar refractivity (Wildman–Crippen MR) is 58.5 cm³/mol. The summed E-state index contributed by atoms with van der Waals surface area (Å²) in [7, 11) is 1.68. The van der Waals surface area contributed by atoms with Gasteiger partial charge in [0.1, 0.15) is 5.41 Å². The van der Waals surface area contributed by atoms with Crippen molar-refractivity contribution < 1.29 is 9.53 Å². The van der Waals surface area contributed by atoms with Crippen LogP contribution in [0, 0.1) is 16.7 Å². The summed E-state index contributed by atoms with van der Waals surface area (Å²) >= 11 is 0. The number of nitriles is 1. The highest BCUT2D eigenvalue weighted by molar-refractivity contribution is 5.86. The number of amides is 1. The molecule has 16 heavy (non-hydrogen) atoms. The molecule has 2 saturated carbocycles. The minimum absolute atomic E-state index is 0.0878. The van der Waals surface area contributed by atoms with E-state index in [1.807, 2.05) is 0 Å². The Labute approximate surface area is 96.0 Å². The Morgan fingerprint density at radius 3 is 2.69 bits per heavy atom. The monoisotopic (exact) mass is 222 g/mol. The normalized spacial score (nSPS) is 31.5. The summed E-state index contributed by atoms with van der Waals surface area (Å²) in [4.78, 5) is 12.0. The highest BCUT2D eigenvalue weighted by atomic mass is 16.5. The molecule has 1 N–H and O–H groups in total. The van der Waals surface area contributed by atoms with Crippen molar-refractivity contribution in [1.82, 2.24) is 5.32 Å². The third kappa shape index (κ3) is 1.80. The topological polar surface area (TPSA) is 62.1 Å². The maximum atomic E-state index is 12.0. The summed E-state index contributed by atoms with van der Waals surface area (Å²) in [6.45, 7) is 0. The van der Waals surface area contributed by atoms with Crippen LogP contribution in [0.5, 0.6) is 0 Å². The molecular weight excluding hydrogens is 204 g/mol. The lowest BCUT2D eigenvalue weighted by atomic mass is 9.69. The number of ether oxygens (including phenoxy) is 1. The van der Waals surface area contributed by atoms with Crippen molar-refractivity contribution >= 4 is 5.91 Å². The number of hydrogen-bond donors (Lipinski definition) is 1. The first kappa shape index (κ1) is 11.4. The fraction of sp³-hybridized carbons (Fsp3) is 0.833. The van der Waals surface area contributed by atoms with Gasteiger partial charge in [-0.3, -0.25) is 4.79 Å². The fourth-order valence-corrected chi connectivity index (χ4v) is 2.60. The van der Waals surface area contributed by atoms with Crippen LogP contribution in [-0.2, 0) is 9.53 Å². The largest absolute Gasteiger partial charge is 0.379 e. The molecule has 2 unspecified atom stereocenters. The Hall–Kier alpha value is -1.08. The first-order valence-corrected chi connectivity index (χ1v) is 5.97. The van der Waals surface area contributed by atoms with Crippen LogP contribution in [0.1, 0.15) is 38.5 Å². The van der Waals surface area contributed by atoms with E-state index in [2.05, 4.69) is 11.4 Å². The summed E-state index contributed by atoms with van der Waals surface area (Å²) in [5, 5.41) is 12.0. The van der Waals surface area contributed by atoms with Gasteiger partial charge in [0.05, 0.1) is 18.2 Å². The van der Waals surface area contributed by atoms with Crippen LogP contribution < -0.4 is 5.32 Å². The molecular formula is C12H18N2O2. The molecule has 0 spiro atoms. The Morgan fingerprint density at radius 1 is 1.44 bits per heavy atom. The van der Waals surface area contributed by atoms with E-state index in [4.69, 9.17) is 10.00 Å². The quantitative estimate of drug-likeness (QED) is 0.784. The van der Waals surface area contributed by atoms with Crippen molar-refractivity contribution in [3.05, 3.63) is 0 Å². The second-order valence-corrected chi connectivity index (χ2v) is 4.83. The molecule has 2 rings (SSSR count). The number of nitrogens with one attached hydrogen (secondary N) is 1. The molecule has 0 bridgehead atoms. The molecule has 2 aliphatic carbocycles. The van der Waals surface area contributed by atoms with Gasteiger partial charge in [0.15, 0.2) is 0 Å². The van der Waals surface area contributed by atoms with Crippen LogP contribution >= 0.6 is 0 Å². The lowest BCUT2D eigenvalue weighted by molar-refractivity contribution is -0.133. The van der Waals surface area contributed by atoms with Crippen LogP contribution in [0.25, 0.3) is 0 Å². The van der Waals surface area contributed by atoms with E-state index in [1.54, 1.807) is 7.11 Å². The van der Waals surface area contributed by atoms with Gasteiger partial charge >= 0.3 is 0 Å². The second-order valence-electron chi connectivity index (χ2n) is 4.83. The van der Waals surface area contributed by atoms with Gasteiger partial charge in [-0.1, -0.05) is 0 Å². The first-order valence-electron chi connectivity index (χ1n) is 5.97. The molecule has 0 aromatic heterocycles. The van der Waals surface area contributed by atoms with Gasteiger partial charge in [-0.15, -0.1) is 0 Å². The van der Waals surface area contributed by atoms with Crippen molar-refractivity contribution in [2.24, 2.45) is 5.41 Å². The van der Waals surface area contributed by atoms with E-state index in [9.17, 15) is 4.79 Å². The standard InChI is InChI=1S/C12H18N2O2/c1-16-10-5-2-4-9(10)14-11(15)12(8-13)6-3-7-12/h9-10H,2-7H2,1H3,(H,14,15). The third-order valence-electron chi connectivity index (χ3n) is 3.93. The lowest BCUT2D eigenvalue weighted by Gasteiger charge is -2.35. The molecule has 2 fully saturated rings. The van der Waals surface area contributed by atoms with Gasteiger partial charge in [-0.2, -0.15) is 5.26 Å². The zero-order chi connectivity index (χ0) is 11.6. The number of methoxy groups -OCH3 is 1. The van der Waals surface area contributed by atoms with Crippen LogP contribution in [0.15, 0.2) is 0 Å². The Balaban J connectivity index is 1.94. The highest BCUT2D eigenvalue weighted by Crippen LogP contribution is 2.40. The molecule has 0 aromatic carbocycles. The van der Waals surface area contributed by atoms with Crippen molar-refractivity contribution in [2.75, 3.05) is 7.11 Å². The average Bonchev–Trinajstić information content (AvgIpc) is 2.64. The second kappa shape index (κ2) is 4.42. The molecule has 0 saturated heterocycles. The van der Waals surface area contributed by atoms with Crippen LogP contribution in [0.3, 0.4) is 0 Å². The van der Waals surface area contributed by atoms with Crippen LogP contribution in [-0.4, -0.2) is 25.2 Å². The van der Waals surface area contributed by atoms with Gasteiger partial charge in [-0.25, -0.2) is 0 Å². The summed E-state index contributed by atoms with van der Waals surface area (Å²) in [5.74, 6) is -0.0878. The lowest BCUT2D eigenvalue weighted by Crippen LogP contribution is -2.50. The van der Waals surface area contributed by atoms with Gasteiger partial charge in [0.2, 0.25) is 5.91 Å². The predicted octanol–water partition coefficient (Wildman–Crippen LogP) is 1.36. The maximum absolute atomic E-state index is 12.0. The summed E-state index contributed by atoms with van der Waals surface area (Å²) in [5.41, 5.74) is -0.735. The van der Waals surface area contributed by atoms with E-state index in [-0.39, 0.29) is 18.1 Å². The van der Waals surface area contributed by atoms with Crippen molar-refractivity contribution in [2.45, 2.75) is 50.7 Å². The summed E-state index contributed by atoms with van der Waals surface area (Å²) in [6.07, 6.45) is 5.58. The number of carbonyl (C=O) groups is 1. The van der Waals surface area contributed by atoms with Gasteiger partial charge in [-0.05, 0) is 38.5 Å². The summed E-state index contributed by atoms with van der Waals surface area (Å²) < 4.78 is 5.32.